The molecule has 0 bridgehead atoms. The summed E-state index contributed by atoms with van der Waals surface area (Å²) in [4.78, 5) is 23.5. The third-order valence-corrected chi connectivity index (χ3v) is 2.47. The summed E-state index contributed by atoms with van der Waals surface area (Å²) >= 11 is 0. The van der Waals surface area contributed by atoms with Gasteiger partial charge in [0.1, 0.15) is 6.10 Å². The minimum atomic E-state index is -1.08. The standard InChI is InChI=1S/C10H17NO4/c1-5-6-7(8(12)15-6)11(9(13)14)10(2,3)4/h6-7H,5H2,1-4H3,(H,13,14)/t6-,7-/m0/s1. The molecule has 1 aliphatic heterocycles. The van der Waals surface area contributed by atoms with E-state index < -0.39 is 23.6 Å². The summed E-state index contributed by atoms with van der Waals surface area (Å²) in [5.41, 5.74) is -0.594. The number of hydrogen-bond acceptors (Lipinski definition) is 3. The van der Waals surface area contributed by atoms with Crippen LogP contribution in [0.5, 0.6) is 0 Å². The average molecular weight is 215 g/mol. The van der Waals surface area contributed by atoms with Gasteiger partial charge in [-0.05, 0) is 27.2 Å². The van der Waals surface area contributed by atoms with Crippen LogP contribution in [0.1, 0.15) is 34.1 Å². The molecule has 15 heavy (non-hydrogen) atoms. The van der Waals surface area contributed by atoms with Gasteiger partial charge in [0.05, 0.1) is 0 Å². The fourth-order valence-electron chi connectivity index (χ4n) is 1.76. The summed E-state index contributed by atoms with van der Waals surface area (Å²) in [6.07, 6.45) is -0.744. The predicted octanol–water partition coefficient (Wildman–Crippen LogP) is 1.47. The van der Waals surface area contributed by atoms with Gasteiger partial charge in [0.2, 0.25) is 0 Å². The first kappa shape index (κ1) is 11.8. The van der Waals surface area contributed by atoms with Crippen LogP contribution in [-0.4, -0.2) is 39.8 Å². The smallest absolute Gasteiger partial charge is 0.408 e. The summed E-state index contributed by atoms with van der Waals surface area (Å²) in [6, 6.07) is -0.646. The maximum absolute atomic E-state index is 11.3. The topological polar surface area (TPSA) is 66.8 Å². The lowest BCUT2D eigenvalue weighted by Gasteiger charge is -2.46. The van der Waals surface area contributed by atoms with Gasteiger partial charge in [-0.25, -0.2) is 9.59 Å². The highest BCUT2D eigenvalue weighted by Crippen LogP contribution is 2.29. The lowest BCUT2D eigenvalue weighted by Crippen LogP contribution is -2.65. The fraction of sp³-hybridized carbons (Fsp3) is 0.800. The number of cyclic esters (lactones) is 1. The fourth-order valence-corrected chi connectivity index (χ4v) is 1.76. The summed E-state index contributed by atoms with van der Waals surface area (Å²) < 4.78 is 4.88. The number of carbonyl (C=O) groups is 2. The molecule has 1 fully saturated rings. The van der Waals surface area contributed by atoms with Crippen LogP contribution in [0, 0.1) is 0 Å². The molecule has 0 aromatic carbocycles. The van der Waals surface area contributed by atoms with Crippen molar-refractivity contribution in [3.05, 3.63) is 0 Å². The second-order valence-electron chi connectivity index (χ2n) is 4.65. The van der Waals surface area contributed by atoms with E-state index in [2.05, 4.69) is 0 Å². The SMILES string of the molecule is CC[C@@H]1OC(=O)[C@H]1N(C(=O)O)C(C)(C)C. The molecule has 1 amide bonds. The van der Waals surface area contributed by atoms with Gasteiger partial charge in [-0.2, -0.15) is 0 Å². The van der Waals surface area contributed by atoms with Crippen molar-refractivity contribution in [1.29, 1.82) is 0 Å². The van der Waals surface area contributed by atoms with Crippen LogP contribution in [0.25, 0.3) is 0 Å². The predicted molar refractivity (Wildman–Crippen MR) is 53.6 cm³/mol. The maximum atomic E-state index is 11.3. The molecule has 1 aliphatic rings. The molecule has 86 valence electrons. The van der Waals surface area contributed by atoms with E-state index in [1.165, 1.54) is 4.90 Å². The van der Waals surface area contributed by atoms with Crippen LogP contribution in [0.3, 0.4) is 0 Å². The Bertz CT molecular complexity index is 282. The first-order valence-corrected chi connectivity index (χ1v) is 5.01. The lowest BCUT2D eigenvalue weighted by atomic mass is 9.95. The molecule has 5 heteroatoms. The quantitative estimate of drug-likeness (QED) is 0.708. The van der Waals surface area contributed by atoms with Crippen LogP contribution in [-0.2, 0) is 9.53 Å². The molecular formula is C10H17NO4. The Morgan fingerprint density at radius 2 is 2.07 bits per heavy atom. The van der Waals surface area contributed by atoms with Gasteiger partial charge in [0.15, 0.2) is 6.04 Å². The first-order valence-electron chi connectivity index (χ1n) is 5.01. The molecule has 1 saturated heterocycles. The number of carboxylic acid groups (broad SMARTS) is 1. The number of amides is 1. The van der Waals surface area contributed by atoms with Crippen molar-refractivity contribution in [1.82, 2.24) is 4.90 Å². The highest BCUT2D eigenvalue weighted by atomic mass is 16.6. The second-order valence-corrected chi connectivity index (χ2v) is 4.65. The lowest BCUT2D eigenvalue weighted by molar-refractivity contribution is -0.190. The van der Waals surface area contributed by atoms with Gasteiger partial charge in [-0.1, -0.05) is 6.92 Å². The molecule has 0 spiro atoms. The van der Waals surface area contributed by atoms with Crippen molar-refractivity contribution in [2.45, 2.75) is 51.8 Å². The minimum absolute atomic E-state index is 0.298. The number of carbonyl (C=O) groups excluding carboxylic acids is 1. The number of nitrogens with zero attached hydrogens (tertiary/aromatic N) is 1. The van der Waals surface area contributed by atoms with E-state index in [9.17, 15) is 9.59 Å². The van der Waals surface area contributed by atoms with E-state index in [0.29, 0.717) is 6.42 Å². The number of rotatable bonds is 2. The molecular weight excluding hydrogens is 198 g/mol. The highest BCUT2D eigenvalue weighted by molar-refractivity contribution is 5.86. The van der Waals surface area contributed by atoms with E-state index in [4.69, 9.17) is 9.84 Å². The van der Waals surface area contributed by atoms with Crippen LogP contribution in [0.4, 0.5) is 4.79 Å². The van der Waals surface area contributed by atoms with Gasteiger partial charge < -0.3 is 9.84 Å². The summed E-state index contributed by atoms with van der Waals surface area (Å²) in [6.45, 7) is 7.16. The monoisotopic (exact) mass is 215 g/mol. The second kappa shape index (κ2) is 3.72. The van der Waals surface area contributed by atoms with E-state index in [-0.39, 0.29) is 6.10 Å². The van der Waals surface area contributed by atoms with Gasteiger partial charge in [-0.3, -0.25) is 4.90 Å². The van der Waals surface area contributed by atoms with Gasteiger partial charge in [0, 0.05) is 5.54 Å². The van der Waals surface area contributed by atoms with Crippen LogP contribution >= 0.6 is 0 Å². The van der Waals surface area contributed by atoms with Crippen molar-refractivity contribution in [2.24, 2.45) is 0 Å². The van der Waals surface area contributed by atoms with E-state index in [1.807, 2.05) is 6.92 Å². The molecule has 0 saturated carbocycles. The van der Waals surface area contributed by atoms with Crippen molar-refractivity contribution in [2.75, 3.05) is 0 Å². The molecule has 1 rings (SSSR count). The summed E-state index contributed by atoms with van der Waals surface area (Å²) in [5.74, 6) is -0.445. The Morgan fingerprint density at radius 3 is 2.33 bits per heavy atom. The molecule has 0 aliphatic carbocycles. The summed E-state index contributed by atoms with van der Waals surface area (Å²) in [5, 5.41) is 9.09. The van der Waals surface area contributed by atoms with Gasteiger partial charge in [-0.15, -0.1) is 0 Å². The molecule has 0 unspecified atom stereocenters. The zero-order valence-electron chi connectivity index (χ0n) is 9.48. The molecule has 0 aromatic heterocycles. The van der Waals surface area contributed by atoms with Crippen molar-refractivity contribution in [3.8, 4) is 0 Å². The Kier molecular flexibility index (Phi) is 2.93. The zero-order chi connectivity index (χ0) is 11.8. The Morgan fingerprint density at radius 1 is 1.53 bits per heavy atom. The Labute approximate surface area is 89.0 Å². The molecule has 5 nitrogen and oxygen atoms in total. The van der Waals surface area contributed by atoms with Crippen LogP contribution < -0.4 is 0 Å². The van der Waals surface area contributed by atoms with Crippen molar-refractivity contribution in [3.63, 3.8) is 0 Å². The maximum Gasteiger partial charge on any atom is 0.408 e. The third-order valence-electron chi connectivity index (χ3n) is 2.47. The first-order chi connectivity index (χ1) is 6.79. The van der Waals surface area contributed by atoms with E-state index in [1.54, 1.807) is 20.8 Å². The van der Waals surface area contributed by atoms with Crippen molar-refractivity contribution < 1.29 is 19.4 Å². The van der Waals surface area contributed by atoms with Gasteiger partial charge >= 0.3 is 12.1 Å². The number of ether oxygens (including phenoxy) is 1. The molecule has 0 radical (unpaired) electrons. The molecule has 0 aromatic rings. The largest absolute Gasteiger partial charge is 0.465 e. The third kappa shape index (κ3) is 2.06. The molecule has 2 atom stereocenters. The number of hydrogen-bond donors (Lipinski definition) is 1. The Hall–Kier alpha value is -1.26. The van der Waals surface area contributed by atoms with Crippen molar-refractivity contribution >= 4 is 12.1 Å². The summed E-state index contributed by atoms with van der Waals surface area (Å²) in [7, 11) is 0. The zero-order valence-corrected chi connectivity index (χ0v) is 9.48. The molecule has 1 N–H and O–H groups in total. The highest BCUT2D eigenvalue weighted by Gasteiger charge is 2.50. The normalized spacial score (nSPS) is 25.5. The minimum Gasteiger partial charge on any atom is -0.465 e. The van der Waals surface area contributed by atoms with E-state index in [0.717, 1.165) is 0 Å². The van der Waals surface area contributed by atoms with Crippen LogP contribution in [0.2, 0.25) is 0 Å². The van der Waals surface area contributed by atoms with E-state index >= 15 is 0 Å². The Balaban J connectivity index is 2.90. The average Bonchev–Trinajstić information content (AvgIpc) is 2.07. The molecule has 1 heterocycles. The van der Waals surface area contributed by atoms with Crippen LogP contribution in [0.15, 0.2) is 0 Å². The van der Waals surface area contributed by atoms with Gasteiger partial charge in [0.25, 0.3) is 0 Å². The number of esters is 1.